The van der Waals surface area contributed by atoms with Crippen molar-refractivity contribution in [1.82, 2.24) is 0 Å². The lowest BCUT2D eigenvalue weighted by atomic mass is 9.95. The Kier molecular flexibility index (Phi) is 5.31. The van der Waals surface area contributed by atoms with Crippen molar-refractivity contribution in [3.05, 3.63) is 138 Å². The van der Waals surface area contributed by atoms with Gasteiger partial charge >= 0.3 is 0 Å². The van der Waals surface area contributed by atoms with Crippen LogP contribution in [0.1, 0.15) is 22.7 Å². The lowest BCUT2D eigenvalue weighted by Gasteiger charge is -2.35. The summed E-state index contributed by atoms with van der Waals surface area (Å²) < 4.78 is 0. The first kappa shape index (κ1) is 17.1. The second-order valence-corrected chi connectivity index (χ2v) is 6.67. The van der Waals surface area contributed by atoms with Crippen LogP contribution in [0.2, 0.25) is 0 Å². The van der Waals surface area contributed by atoms with E-state index in [0.717, 1.165) is 6.54 Å². The summed E-state index contributed by atoms with van der Waals surface area (Å²) in [5.41, 5.74) is 5.12. The van der Waals surface area contributed by atoms with Crippen molar-refractivity contribution in [1.29, 1.82) is 0 Å². The van der Waals surface area contributed by atoms with E-state index >= 15 is 0 Å². The van der Waals surface area contributed by atoms with E-state index in [-0.39, 0.29) is 6.04 Å². The molecule has 0 aromatic heterocycles. The third-order valence-electron chi connectivity index (χ3n) is 4.83. The van der Waals surface area contributed by atoms with E-state index in [1.165, 1.54) is 22.4 Å². The molecule has 0 amide bonds. The van der Waals surface area contributed by atoms with Gasteiger partial charge in [-0.05, 0) is 28.8 Å². The molecular weight excluding hydrogens is 326 g/mol. The van der Waals surface area contributed by atoms with Crippen LogP contribution in [0.15, 0.2) is 121 Å². The van der Waals surface area contributed by atoms with Gasteiger partial charge in [0.25, 0.3) is 0 Å². The van der Waals surface area contributed by atoms with Gasteiger partial charge in [0, 0.05) is 12.2 Å². The maximum Gasteiger partial charge on any atom is 0.0799 e. The lowest BCUT2D eigenvalue weighted by molar-refractivity contribution is 0.703. The van der Waals surface area contributed by atoms with Crippen LogP contribution in [0.4, 0.5) is 5.69 Å². The van der Waals surface area contributed by atoms with E-state index in [0.29, 0.717) is 0 Å². The summed E-state index contributed by atoms with van der Waals surface area (Å²) in [7, 11) is 0. The van der Waals surface area contributed by atoms with Crippen molar-refractivity contribution < 1.29 is 0 Å². The molecule has 0 aliphatic rings. The predicted molar refractivity (Wildman–Crippen MR) is 114 cm³/mol. The second kappa shape index (κ2) is 8.37. The van der Waals surface area contributed by atoms with Crippen molar-refractivity contribution in [3.8, 4) is 0 Å². The Morgan fingerprint density at radius 3 is 1.37 bits per heavy atom. The highest BCUT2D eigenvalue weighted by molar-refractivity contribution is 5.53. The SMILES string of the molecule is c1ccc(CN(c2ccccc2)C(c2ccccc2)c2ccccc2)cc1. The Balaban J connectivity index is 1.83. The Morgan fingerprint density at radius 2 is 0.889 bits per heavy atom. The standard InChI is InChI=1S/C26H23N/c1-5-13-22(14-6-1)21-27(25-19-11-4-12-20-25)26(23-15-7-2-8-16-23)24-17-9-3-10-18-24/h1-20,26H,21H2. The third kappa shape index (κ3) is 4.09. The maximum absolute atomic E-state index is 2.49. The number of hydrogen-bond donors (Lipinski definition) is 0. The molecule has 0 heterocycles. The number of nitrogens with zero attached hydrogens (tertiary/aromatic N) is 1. The molecule has 132 valence electrons. The average molecular weight is 349 g/mol. The van der Waals surface area contributed by atoms with Crippen molar-refractivity contribution in [3.63, 3.8) is 0 Å². The summed E-state index contributed by atoms with van der Waals surface area (Å²) in [5, 5.41) is 0. The van der Waals surface area contributed by atoms with Crippen LogP contribution in [-0.4, -0.2) is 0 Å². The largest absolute Gasteiger partial charge is 0.356 e. The molecule has 1 heteroatoms. The Labute approximate surface area is 161 Å². The van der Waals surface area contributed by atoms with Crippen LogP contribution < -0.4 is 4.90 Å². The fourth-order valence-corrected chi connectivity index (χ4v) is 3.55. The number of benzene rings is 4. The minimum Gasteiger partial charge on any atom is -0.356 e. The Bertz CT molecular complexity index is 895. The quantitative estimate of drug-likeness (QED) is 0.385. The molecule has 0 unspecified atom stereocenters. The summed E-state index contributed by atoms with van der Waals surface area (Å²) in [5.74, 6) is 0. The number of hydrogen-bond acceptors (Lipinski definition) is 1. The zero-order valence-corrected chi connectivity index (χ0v) is 15.3. The highest BCUT2D eigenvalue weighted by atomic mass is 15.2. The minimum absolute atomic E-state index is 0.148. The molecule has 4 rings (SSSR count). The molecular formula is C26H23N. The predicted octanol–water partition coefficient (Wildman–Crippen LogP) is 6.48. The molecule has 0 atom stereocenters. The zero-order chi connectivity index (χ0) is 18.3. The minimum atomic E-state index is 0.148. The molecule has 0 radical (unpaired) electrons. The average Bonchev–Trinajstić information content (AvgIpc) is 2.76. The molecule has 0 N–H and O–H groups in total. The van der Waals surface area contributed by atoms with Crippen LogP contribution in [0, 0.1) is 0 Å². The fraction of sp³-hybridized carbons (Fsp3) is 0.0769. The first-order chi connectivity index (χ1) is 13.4. The summed E-state index contributed by atoms with van der Waals surface area (Å²) >= 11 is 0. The van der Waals surface area contributed by atoms with E-state index in [4.69, 9.17) is 0 Å². The molecule has 27 heavy (non-hydrogen) atoms. The van der Waals surface area contributed by atoms with E-state index in [1.807, 2.05) is 0 Å². The van der Waals surface area contributed by atoms with E-state index in [9.17, 15) is 0 Å². The summed E-state index contributed by atoms with van der Waals surface area (Å²) in [6.07, 6.45) is 0. The van der Waals surface area contributed by atoms with E-state index < -0.39 is 0 Å². The fourth-order valence-electron chi connectivity index (χ4n) is 3.55. The summed E-state index contributed by atoms with van der Waals surface area (Å²) in [6.45, 7) is 0.847. The molecule has 0 saturated heterocycles. The molecule has 0 bridgehead atoms. The highest BCUT2D eigenvalue weighted by Crippen LogP contribution is 2.34. The second-order valence-electron chi connectivity index (χ2n) is 6.67. The summed E-state index contributed by atoms with van der Waals surface area (Å²) in [4.78, 5) is 2.49. The zero-order valence-electron chi connectivity index (χ0n) is 15.3. The van der Waals surface area contributed by atoms with Crippen LogP contribution in [-0.2, 0) is 6.54 Å². The smallest absolute Gasteiger partial charge is 0.0799 e. The van der Waals surface area contributed by atoms with Crippen molar-refractivity contribution in [2.45, 2.75) is 12.6 Å². The molecule has 4 aromatic carbocycles. The maximum atomic E-state index is 2.49. The molecule has 0 fully saturated rings. The molecule has 0 saturated carbocycles. The first-order valence-corrected chi connectivity index (χ1v) is 9.37. The molecule has 0 spiro atoms. The van der Waals surface area contributed by atoms with Crippen LogP contribution in [0.25, 0.3) is 0 Å². The van der Waals surface area contributed by atoms with E-state index in [2.05, 4.69) is 126 Å². The highest BCUT2D eigenvalue weighted by Gasteiger charge is 2.22. The number of para-hydroxylation sites is 1. The first-order valence-electron chi connectivity index (χ1n) is 9.37. The van der Waals surface area contributed by atoms with Gasteiger partial charge < -0.3 is 4.90 Å². The number of rotatable bonds is 6. The van der Waals surface area contributed by atoms with Crippen LogP contribution >= 0.6 is 0 Å². The van der Waals surface area contributed by atoms with Crippen LogP contribution in [0.3, 0.4) is 0 Å². The van der Waals surface area contributed by atoms with Gasteiger partial charge in [0.1, 0.15) is 0 Å². The monoisotopic (exact) mass is 349 g/mol. The van der Waals surface area contributed by atoms with Gasteiger partial charge in [0.05, 0.1) is 6.04 Å². The van der Waals surface area contributed by atoms with Gasteiger partial charge in [0.2, 0.25) is 0 Å². The normalized spacial score (nSPS) is 10.7. The third-order valence-corrected chi connectivity index (χ3v) is 4.83. The number of anilines is 1. The van der Waals surface area contributed by atoms with E-state index in [1.54, 1.807) is 0 Å². The lowest BCUT2D eigenvalue weighted by Crippen LogP contribution is -2.29. The molecule has 0 aliphatic carbocycles. The van der Waals surface area contributed by atoms with Gasteiger partial charge in [-0.2, -0.15) is 0 Å². The summed E-state index contributed by atoms with van der Waals surface area (Å²) in [6, 6.07) is 43.1. The van der Waals surface area contributed by atoms with Crippen molar-refractivity contribution in [2.75, 3.05) is 4.90 Å². The van der Waals surface area contributed by atoms with Gasteiger partial charge in [-0.3, -0.25) is 0 Å². The van der Waals surface area contributed by atoms with Gasteiger partial charge in [-0.15, -0.1) is 0 Å². The van der Waals surface area contributed by atoms with Crippen molar-refractivity contribution >= 4 is 5.69 Å². The van der Waals surface area contributed by atoms with Crippen molar-refractivity contribution in [2.24, 2.45) is 0 Å². The van der Waals surface area contributed by atoms with Gasteiger partial charge in [-0.1, -0.05) is 109 Å². The topological polar surface area (TPSA) is 3.24 Å². The van der Waals surface area contributed by atoms with Gasteiger partial charge in [-0.25, -0.2) is 0 Å². The molecule has 1 nitrogen and oxygen atoms in total. The molecule has 4 aromatic rings. The molecule has 0 aliphatic heterocycles. The van der Waals surface area contributed by atoms with Crippen LogP contribution in [0.5, 0.6) is 0 Å². The Hall–Kier alpha value is -3.32. The van der Waals surface area contributed by atoms with Gasteiger partial charge in [0.15, 0.2) is 0 Å². The Morgan fingerprint density at radius 1 is 0.481 bits per heavy atom.